The average Bonchev–Trinajstić information content (AvgIpc) is 3.62. The molecule has 9 aromatic carbocycles. The van der Waals surface area contributed by atoms with Crippen molar-refractivity contribution in [1.82, 2.24) is 28.1 Å². The van der Waals surface area contributed by atoms with Crippen LogP contribution in [-0.4, -0.2) is 28.1 Å². The highest BCUT2D eigenvalue weighted by molar-refractivity contribution is 6.14. The summed E-state index contributed by atoms with van der Waals surface area (Å²) in [5, 5.41) is 7.51. The molecule has 82 heavy (non-hydrogen) atoms. The number of aromatic nitrogens is 6. The lowest BCUT2D eigenvalue weighted by molar-refractivity contribution is 0.590. The third-order valence-electron chi connectivity index (χ3n) is 17.3. The largest absolute Gasteiger partial charge is 0.309 e. The topological polar surface area (TPSA) is 45.0 Å². The summed E-state index contributed by atoms with van der Waals surface area (Å²) in [5.41, 5.74) is 22.0. The maximum absolute atomic E-state index is 5.10. The van der Waals surface area contributed by atoms with E-state index in [9.17, 15) is 0 Å². The van der Waals surface area contributed by atoms with E-state index in [1.165, 1.54) is 76.6 Å². The molecule has 0 atom stereocenters. The zero-order chi connectivity index (χ0) is 56.8. The van der Waals surface area contributed by atoms with Gasteiger partial charge in [-0.3, -0.25) is 4.40 Å². The third kappa shape index (κ3) is 8.36. The monoisotopic (exact) mass is 1070 g/mol. The lowest BCUT2D eigenvalue weighted by Gasteiger charge is -2.19. The Morgan fingerprint density at radius 1 is 0.305 bits per heavy atom. The molecular weight excluding hydrogens is 997 g/mol. The van der Waals surface area contributed by atoms with Crippen LogP contribution in [0.1, 0.15) is 105 Å². The SMILES string of the molecule is CC(C)(C)c1ccc2c(c1)c1cc(C(C)(C)C)ccc1n2-c1ccc2c(c1)c1cc(-n3c4ccc(C(C)(C)C)cc4c4cc(C(C)(C)C)ccc43)ccc1n2-c1ccc(-c2cnc3nc(-c4ccccc4)c(-c4ccccc4)n3c2)cc1. The first-order chi connectivity index (χ1) is 39.2. The predicted molar refractivity (Wildman–Crippen MR) is 347 cm³/mol. The summed E-state index contributed by atoms with van der Waals surface area (Å²) in [6.07, 6.45) is 4.14. The van der Waals surface area contributed by atoms with E-state index >= 15 is 0 Å². The van der Waals surface area contributed by atoms with Crippen LogP contribution in [0.4, 0.5) is 0 Å². The smallest absolute Gasteiger partial charge is 0.234 e. The van der Waals surface area contributed by atoms with Gasteiger partial charge in [0.2, 0.25) is 5.78 Å². The van der Waals surface area contributed by atoms with Crippen molar-refractivity contribution in [2.45, 2.75) is 105 Å². The van der Waals surface area contributed by atoms with Crippen molar-refractivity contribution in [2.75, 3.05) is 0 Å². The quantitative estimate of drug-likeness (QED) is 0.167. The Morgan fingerprint density at radius 3 is 1.04 bits per heavy atom. The van der Waals surface area contributed by atoms with Crippen molar-refractivity contribution in [3.63, 3.8) is 0 Å². The van der Waals surface area contributed by atoms with Gasteiger partial charge in [-0.2, -0.15) is 0 Å². The second-order valence-electron chi connectivity index (χ2n) is 26.9. The molecular formula is C76H70N6. The van der Waals surface area contributed by atoms with E-state index in [0.717, 1.165) is 61.7 Å². The molecule has 14 aromatic rings. The Morgan fingerprint density at radius 2 is 0.646 bits per heavy atom. The van der Waals surface area contributed by atoms with Crippen LogP contribution < -0.4 is 0 Å². The minimum atomic E-state index is 0.00401. The van der Waals surface area contributed by atoms with E-state index in [2.05, 4.69) is 295 Å². The fourth-order valence-corrected chi connectivity index (χ4v) is 12.6. The van der Waals surface area contributed by atoms with Crippen LogP contribution in [0.15, 0.2) is 207 Å². The Labute approximate surface area is 481 Å². The summed E-state index contributed by atoms with van der Waals surface area (Å²) in [6.45, 7) is 27.7. The summed E-state index contributed by atoms with van der Waals surface area (Å²) in [7, 11) is 0. The molecule has 0 amide bonds. The summed E-state index contributed by atoms with van der Waals surface area (Å²) in [6, 6.07) is 72.7. The number of hydrogen-bond acceptors (Lipinski definition) is 2. The second kappa shape index (κ2) is 18.3. The molecule has 6 heteroatoms. The number of rotatable bonds is 6. The van der Waals surface area contributed by atoms with Gasteiger partial charge in [-0.1, -0.05) is 180 Å². The highest BCUT2D eigenvalue weighted by atomic mass is 15.1. The van der Waals surface area contributed by atoms with Gasteiger partial charge in [0, 0.05) is 78.5 Å². The molecule has 14 rings (SSSR count). The average molecular weight is 1070 g/mol. The summed E-state index contributed by atoms with van der Waals surface area (Å²) in [4.78, 5) is 10.1. The van der Waals surface area contributed by atoms with Crippen molar-refractivity contribution >= 4 is 71.2 Å². The van der Waals surface area contributed by atoms with Crippen LogP contribution in [0.25, 0.3) is 122 Å². The minimum Gasteiger partial charge on any atom is -0.309 e. The van der Waals surface area contributed by atoms with Gasteiger partial charge in [0.05, 0.1) is 44.5 Å². The van der Waals surface area contributed by atoms with Gasteiger partial charge in [0.1, 0.15) is 0 Å². The van der Waals surface area contributed by atoms with Crippen molar-refractivity contribution in [3.8, 4) is 50.7 Å². The van der Waals surface area contributed by atoms with Gasteiger partial charge in [-0.05, 0) is 147 Å². The molecule has 0 spiro atoms. The number of benzene rings is 9. The Hall–Kier alpha value is -9.00. The zero-order valence-electron chi connectivity index (χ0n) is 49.3. The molecule has 0 aliphatic heterocycles. The van der Waals surface area contributed by atoms with Crippen molar-refractivity contribution in [1.29, 1.82) is 0 Å². The van der Waals surface area contributed by atoms with Crippen molar-refractivity contribution < 1.29 is 0 Å². The first kappa shape index (κ1) is 51.2. The first-order valence-corrected chi connectivity index (χ1v) is 29.0. The molecule has 0 aliphatic carbocycles. The molecule has 0 fully saturated rings. The lowest BCUT2D eigenvalue weighted by atomic mass is 9.85. The summed E-state index contributed by atoms with van der Waals surface area (Å²) >= 11 is 0. The zero-order valence-corrected chi connectivity index (χ0v) is 49.3. The van der Waals surface area contributed by atoms with E-state index in [0.29, 0.717) is 5.78 Å². The van der Waals surface area contributed by atoms with Crippen LogP contribution in [-0.2, 0) is 21.7 Å². The Bertz CT molecular complexity index is 4510. The molecule has 0 bridgehead atoms. The van der Waals surface area contributed by atoms with Gasteiger partial charge >= 0.3 is 0 Å². The van der Waals surface area contributed by atoms with Gasteiger partial charge in [0.25, 0.3) is 0 Å². The molecule has 5 aromatic heterocycles. The molecule has 0 aliphatic rings. The van der Waals surface area contributed by atoms with E-state index in [4.69, 9.17) is 9.97 Å². The van der Waals surface area contributed by atoms with E-state index in [-0.39, 0.29) is 21.7 Å². The fraction of sp³-hybridized carbons (Fsp3) is 0.211. The molecule has 0 N–H and O–H groups in total. The molecule has 6 nitrogen and oxygen atoms in total. The van der Waals surface area contributed by atoms with Crippen molar-refractivity contribution in [2.24, 2.45) is 0 Å². The highest BCUT2D eigenvalue weighted by Crippen LogP contribution is 2.43. The molecule has 0 unspecified atom stereocenters. The highest BCUT2D eigenvalue weighted by Gasteiger charge is 2.26. The number of nitrogens with zero attached hydrogens (tertiary/aromatic N) is 6. The number of fused-ring (bicyclic) bond motifs is 10. The van der Waals surface area contributed by atoms with E-state index in [1.807, 2.05) is 12.3 Å². The molecule has 0 saturated heterocycles. The van der Waals surface area contributed by atoms with E-state index < -0.39 is 0 Å². The standard InChI is InChI=1S/C76H70N6/c1-73(2,3)51-25-33-64-58(39-51)59-40-52(74(4,5)6)26-34-65(59)81(64)56-31-37-68-62(43-56)63-44-57(82-66-35-27-53(75(7,8)9)41-60(66)61-42-54(76(10,11)12)28-36-67(61)82)32-38-69(63)80(68)55-29-23-47(24-30-55)50-45-77-72-78-70(48-19-15-13-16-20-48)71(79(72)46-50)49-21-17-14-18-22-49/h13-46H,1-12H3. The van der Waals surface area contributed by atoms with Gasteiger partial charge in [0.15, 0.2) is 0 Å². The number of imidazole rings is 1. The lowest BCUT2D eigenvalue weighted by Crippen LogP contribution is -2.10. The summed E-state index contributed by atoms with van der Waals surface area (Å²) < 4.78 is 9.59. The molecule has 0 radical (unpaired) electrons. The van der Waals surface area contributed by atoms with Crippen LogP contribution in [0.3, 0.4) is 0 Å². The van der Waals surface area contributed by atoms with Crippen LogP contribution in [0.5, 0.6) is 0 Å². The number of hydrogen-bond donors (Lipinski definition) is 0. The molecule has 0 saturated carbocycles. The summed E-state index contributed by atoms with van der Waals surface area (Å²) in [5.74, 6) is 0.664. The minimum absolute atomic E-state index is 0.00401. The second-order valence-corrected chi connectivity index (χ2v) is 26.9. The van der Waals surface area contributed by atoms with E-state index in [1.54, 1.807) is 0 Å². The predicted octanol–water partition coefficient (Wildman–Crippen LogP) is 20.2. The fourth-order valence-electron chi connectivity index (χ4n) is 12.6. The maximum Gasteiger partial charge on any atom is 0.234 e. The third-order valence-corrected chi connectivity index (χ3v) is 17.3. The Balaban J connectivity index is 0.979. The van der Waals surface area contributed by atoms with Gasteiger partial charge in [-0.25, -0.2) is 9.97 Å². The maximum atomic E-state index is 5.10. The first-order valence-electron chi connectivity index (χ1n) is 29.0. The van der Waals surface area contributed by atoms with Crippen LogP contribution in [0.2, 0.25) is 0 Å². The van der Waals surface area contributed by atoms with Crippen molar-refractivity contribution in [3.05, 3.63) is 229 Å². The Kier molecular flexibility index (Phi) is 11.4. The molecule has 404 valence electrons. The molecule has 5 heterocycles. The van der Waals surface area contributed by atoms with Gasteiger partial charge in [-0.15, -0.1) is 0 Å². The van der Waals surface area contributed by atoms with Crippen LogP contribution >= 0.6 is 0 Å². The van der Waals surface area contributed by atoms with Gasteiger partial charge < -0.3 is 13.7 Å². The van der Waals surface area contributed by atoms with Crippen LogP contribution in [0, 0.1) is 0 Å². The normalized spacial score (nSPS) is 12.9.